The van der Waals surface area contributed by atoms with Crippen LogP contribution in [0.2, 0.25) is 0 Å². The van der Waals surface area contributed by atoms with E-state index in [4.69, 9.17) is 9.84 Å². The molecule has 5 rings (SSSR count). The first-order valence-corrected chi connectivity index (χ1v) is 13.2. The Morgan fingerprint density at radius 1 is 1.16 bits per heavy atom. The van der Waals surface area contributed by atoms with Crippen molar-refractivity contribution in [2.75, 3.05) is 50.1 Å². The Balaban J connectivity index is 1.49. The van der Waals surface area contributed by atoms with Gasteiger partial charge in [0.1, 0.15) is 5.82 Å². The molecular weight excluding hydrogens is 470 g/mol. The molecule has 1 saturated heterocycles. The molecule has 10 heteroatoms. The normalized spacial score (nSPS) is 21.3. The highest BCUT2D eigenvalue weighted by Crippen LogP contribution is 2.38. The number of carbonyl (C=O) groups is 1. The lowest BCUT2D eigenvalue weighted by Gasteiger charge is -2.35. The molecule has 4 heterocycles. The van der Waals surface area contributed by atoms with Crippen LogP contribution >= 0.6 is 0 Å². The second-order valence-corrected chi connectivity index (χ2v) is 10.3. The maximum Gasteiger partial charge on any atom is 0.241 e. The molecule has 37 heavy (non-hydrogen) atoms. The largest absolute Gasteiger partial charge is 0.393 e. The number of amides is 1. The van der Waals surface area contributed by atoms with Crippen LogP contribution in [0.15, 0.2) is 30.6 Å². The Hall–Kier alpha value is -3.24. The first kappa shape index (κ1) is 25.4. The van der Waals surface area contributed by atoms with Crippen molar-refractivity contribution in [2.24, 2.45) is 0 Å². The summed E-state index contributed by atoms with van der Waals surface area (Å²) in [5, 5.41) is 18.3. The number of nitrogens with zero attached hydrogens (tertiary/aromatic N) is 6. The van der Waals surface area contributed by atoms with E-state index in [1.165, 1.54) is 0 Å². The van der Waals surface area contributed by atoms with E-state index in [2.05, 4.69) is 32.3 Å². The van der Waals surface area contributed by atoms with Gasteiger partial charge in [0.2, 0.25) is 11.9 Å². The number of carbonyl (C=O) groups excluding carboxylic acids is 1. The van der Waals surface area contributed by atoms with Crippen LogP contribution in [0.25, 0.3) is 16.6 Å². The molecule has 198 valence electrons. The number of methoxy groups -OCH3 is 1. The van der Waals surface area contributed by atoms with Crippen LogP contribution < -0.4 is 10.2 Å². The highest BCUT2D eigenvalue weighted by atomic mass is 16.5. The van der Waals surface area contributed by atoms with Gasteiger partial charge < -0.3 is 25.0 Å². The maximum atomic E-state index is 11.7. The zero-order chi connectivity index (χ0) is 25.9. The van der Waals surface area contributed by atoms with Crippen LogP contribution in [0, 0.1) is 0 Å². The molecule has 2 N–H and O–H groups in total. The maximum absolute atomic E-state index is 11.7. The van der Waals surface area contributed by atoms with Crippen molar-refractivity contribution in [1.29, 1.82) is 0 Å². The fraction of sp³-hybridized carbons (Fsp3) is 0.556. The summed E-state index contributed by atoms with van der Waals surface area (Å²) in [4.78, 5) is 25.1. The fourth-order valence-corrected chi connectivity index (χ4v) is 5.50. The average Bonchev–Trinajstić information content (AvgIpc) is 3.28. The number of aliphatic hydroxyl groups excluding tert-OH is 1. The van der Waals surface area contributed by atoms with Crippen molar-refractivity contribution in [3.63, 3.8) is 0 Å². The van der Waals surface area contributed by atoms with Gasteiger partial charge in [0.05, 0.1) is 24.4 Å². The summed E-state index contributed by atoms with van der Waals surface area (Å²) in [6.45, 7) is 7.17. The van der Waals surface area contributed by atoms with Gasteiger partial charge in [-0.05, 0) is 56.4 Å². The molecule has 3 aromatic heterocycles. The fourth-order valence-electron chi connectivity index (χ4n) is 5.50. The molecule has 1 aliphatic heterocycles. The van der Waals surface area contributed by atoms with Crippen LogP contribution in [0.4, 0.5) is 11.8 Å². The standard InChI is InChI=1S/C27H37N7O3/c1-18(17-37-3)30-27-29-16-25-23(15-24(34(25)31-27)20-4-6-22(36)7-5-20)21-8-9-28-26(14-21)33-12-10-32(11-13-33)19(2)35/h8-9,14-16,18,20,22,36H,4-7,10-13,17H2,1-3H3,(H,30,31)/t18-,20-,22-/m0/s1. The van der Waals surface area contributed by atoms with Crippen molar-refractivity contribution in [2.45, 2.75) is 57.6 Å². The zero-order valence-corrected chi connectivity index (χ0v) is 21.9. The summed E-state index contributed by atoms with van der Waals surface area (Å²) < 4.78 is 7.28. The van der Waals surface area contributed by atoms with Gasteiger partial charge in [0.25, 0.3) is 0 Å². The molecule has 10 nitrogen and oxygen atoms in total. The molecule has 1 saturated carbocycles. The lowest BCUT2D eigenvalue weighted by molar-refractivity contribution is -0.129. The Bertz CT molecular complexity index is 1230. The SMILES string of the molecule is COC[C@H](C)Nc1ncc2c(-c3ccnc(N4CCN(C(C)=O)CC4)c3)cc([C@H]3CC[C@H](O)CC3)n2n1. The van der Waals surface area contributed by atoms with Gasteiger partial charge in [-0.15, -0.1) is 5.10 Å². The van der Waals surface area contributed by atoms with Gasteiger partial charge in [0, 0.05) is 69.6 Å². The summed E-state index contributed by atoms with van der Waals surface area (Å²) >= 11 is 0. The third-order valence-corrected chi connectivity index (χ3v) is 7.56. The molecule has 1 atom stereocenters. The number of piperazine rings is 1. The number of fused-ring (bicyclic) bond motifs is 1. The minimum Gasteiger partial charge on any atom is -0.393 e. The molecule has 1 aliphatic carbocycles. The smallest absolute Gasteiger partial charge is 0.241 e. The van der Waals surface area contributed by atoms with E-state index in [1.807, 2.05) is 34.8 Å². The molecule has 0 radical (unpaired) electrons. The predicted octanol–water partition coefficient (Wildman–Crippen LogP) is 2.93. The number of hydrogen-bond donors (Lipinski definition) is 2. The van der Waals surface area contributed by atoms with E-state index < -0.39 is 0 Å². The van der Waals surface area contributed by atoms with Crippen molar-refractivity contribution >= 4 is 23.2 Å². The van der Waals surface area contributed by atoms with Gasteiger partial charge >= 0.3 is 0 Å². The Morgan fingerprint density at radius 2 is 1.92 bits per heavy atom. The number of pyridine rings is 1. The predicted molar refractivity (Wildman–Crippen MR) is 143 cm³/mol. The summed E-state index contributed by atoms with van der Waals surface area (Å²) in [5.74, 6) is 1.92. The van der Waals surface area contributed by atoms with Crippen molar-refractivity contribution in [3.05, 3.63) is 36.3 Å². The third-order valence-electron chi connectivity index (χ3n) is 7.56. The molecule has 2 aliphatic rings. The lowest BCUT2D eigenvalue weighted by Crippen LogP contribution is -2.48. The van der Waals surface area contributed by atoms with Crippen molar-refractivity contribution < 1.29 is 14.6 Å². The second kappa shape index (κ2) is 11.0. The first-order chi connectivity index (χ1) is 17.9. The number of hydrogen-bond acceptors (Lipinski definition) is 8. The van der Waals surface area contributed by atoms with E-state index in [0.29, 0.717) is 31.6 Å². The van der Waals surface area contributed by atoms with Gasteiger partial charge in [-0.25, -0.2) is 14.5 Å². The average molecular weight is 508 g/mol. The number of rotatable bonds is 7. The van der Waals surface area contributed by atoms with Crippen molar-refractivity contribution in [3.8, 4) is 11.1 Å². The molecular formula is C27H37N7O3. The van der Waals surface area contributed by atoms with Crippen LogP contribution in [0.3, 0.4) is 0 Å². The Labute approximate surface area is 217 Å². The second-order valence-electron chi connectivity index (χ2n) is 10.3. The number of ether oxygens (including phenoxy) is 1. The van der Waals surface area contributed by atoms with E-state index in [-0.39, 0.29) is 18.1 Å². The summed E-state index contributed by atoms with van der Waals surface area (Å²) in [6, 6.07) is 6.48. The van der Waals surface area contributed by atoms with E-state index in [9.17, 15) is 9.90 Å². The minimum atomic E-state index is -0.213. The number of anilines is 2. The van der Waals surface area contributed by atoms with E-state index >= 15 is 0 Å². The Kier molecular flexibility index (Phi) is 7.57. The molecule has 1 amide bonds. The topological polar surface area (TPSA) is 108 Å². The van der Waals surface area contributed by atoms with Crippen LogP contribution in [0.5, 0.6) is 0 Å². The minimum absolute atomic E-state index is 0.0805. The summed E-state index contributed by atoms with van der Waals surface area (Å²) in [7, 11) is 1.68. The van der Waals surface area contributed by atoms with Gasteiger partial charge in [0.15, 0.2) is 0 Å². The molecule has 0 spiro atoms. The van der Waals surface area contributed by atoms with E-state index in [1.54, 1.807) is 14.0 Å². The molecule has 2 fully saturated rings. The first-order valence-electron chi connectivity index (χ1n) is 13.2. The van der Waals surface area contributed by atoms with Crippen LogP contribution in [-0.4, -0.2) is 87.5 Å². The molecule has 0 aromatic carbocycles. The van der Waals surface area contributed by atoms with E-state index in [0.717, 1.165) is 66.9 Å². The zero-order valence-electron chi connectivity index (χ0n) is 21.9. The monoisotopic (exact) mass is 507 g/mol. The van der Waals surface area contributed by atoms with Gasteiger partial charge in [-0.3, -0.25) is 4.79 Å². The number of nitrogens with one attached hydrogen (secondary N) is 1. The number of aromatic nitrogens is 4. The van der Waals surface area contributed by atoms with Crippen LogP contribution in [0.1, 0.15) is 51.1 Å². The van der Waals surface area contributed by atoms with Gasteiger partial charge in [-0.2, -0.15) is 0 Å². The highest BCUT2D eigenvalue weighted by Gasteiger charge is 2.26. The Morgan fingerprint density at radius 3 is 2.62 bits per heavy atom. The summed E-state index contributed by atoms with van der Waals surface area (Å²) in [5.41, 5.74) is 4.24. The molecule has 0 unspecified atom stereocenters. The van der Waals surface area contributed by atoms with Crippen molar-refractivity contribution in [1.82, 2.24) is 24.5 Å². The van der Waals surface area contributed by atoms with Gasteiger partial charge in [-0.1, -0.05) is 0 Å². The quantitative estimate of drug-likeness (QED) is 0.503. The third kappa shape index (κ3) is 5.55. The lowest BCUT2D eigenvalue weighted by atomic mass is 9.85. The number of aliphatic hydroxyl groups is 1. The molecule has 3 aromatic rings. The summed E-state index contributed by atoms with van der Waals surface area (Å²) in [6.07, 6.45) is 7.00. The highest BCUT2D eigenvalue weighted by molar-refractivity contribution is 5.82. The molecule has 0 bridgehead atoms. The van der Waals surface area contributed by atoms with Crippen LogP contribution in [-0.2, 0) is 9.53 Å².